The van der Waals surface area contributed by atoms with E-state index in [1.165, 1.54) is 5.57 Å². The molecule has 0 bridgehead atoms. The average molecular weight is 216 g/mol. The highest BCUT2D eigenvalue weighted by molar-refractivity contribution is 6.10. The Morgan fingerprint density at radius 2 is 1.88 bits per heavy atom. The maximum absolute atomic E-state index is 12.3. The molecule has 0 radical (unpaired) electrons. The summed E-state index contributed by atoms with van der Waals surface area (Å²) in [6.45, 7) is 5.73. The van der Waals surface area contributed by atoms with Crippen molar-refractivity contribution in [3.8, 4) is 0 Å². The van der Waals surface area contributed by atoms with E-state index >= 15 is 0 Å². The van der Waals surface area contributed by atoms with Crippen molar-refractivity contribution in [3.63, 3.8) is 0 Å². The van der Waals surface area contributed by atoms with Crippen LogP contribution in [0.4, 0.5) is 0 Å². The maximum Gasteiger partial charge on any atom is 0.195 e. The summed E-state index contributed by atoms with van der Waals surface area (Å²) in [6.07, 6.45) is 5.82. The molecule has 2 heteroatoms. The first-order valence-electron chi connectivity index (χ1n) is 5.79. The summed E-state index contributed by atoms with van der Waals surface area (Å²) in [5.74, 6) is -0.0984. The van der Waals surface area contributed by atoms with Gasteiger partial charge in [0.25, 0.3) is 0 Å². The third kappa shape index (κ3) is 0.897. The largest absolute Gasteiger partial charge is 0.381 e. The fraction of sp³-hybridized carbons (Fsp3) is 0.500. The van der Waals surface area contributed by atoms with E-state index in [1.54, 1.807) is 6.92 Å². The van der Waals surface area contributed by atoms with Crippen molar-refractivity contribution in [2.24, 2.45) is 5.41 Å². The molecule has 3 aliphatic rings. The lowest BCUT2D eigenvalue weighted by Gasteiger charge is -2.38. The van der Waals surface area contributed by atoms with Crippen molar-refractivity contribution in [3.05, 3.63) is 34.4 Å². The number of rotatable bonds is 0. The summed E-state index contributed by atoms with van der Waals surface area (Å²) in [4.78, 5) is 12.3. The van der Waals surface area contributed by atoms with Crippen LogP contribution < -0.4 is 0 Å². The van der Waals surface area contributed by atoms with Gasteiger partial charge >= 0.3 is 0 Å². The van der Waals surface area contributed by atoms with Gasteiger partial charge in [-0.05, 0) is 50.8 Å². The van der Waals surface area contributed by atoms with Gasteiger partial charge in [-0.1, -0.05) is 11.6 Å². The highest BCUT2D eigenvalue weighted by atomic mass is 16.3. The predicted octanol–water partition coefficient (Wildman–Crippen LogP) is 2.30. The van der Waals surface area contributed by atoms with Gasteiger partial charge in [0, 0.05) is 11.0 Å². The highest BCUT2D eigenvalue weighted by Crippen LogP contribution is 2.64. The number of aliphatic hydroxyl groups is 1. The Bertz CT molecular complexity index is 497. The van der Waals surface area contributed by atoms with Crippen LogP contribution in [0.3, 0.4) is 0 Å². The summed E-state index contributed by atoms with van der Waals surface area (Å²) >= 11 is 0. The van der Waals surface area contributed by atoms with Gasteiger partial charge < -0.3 is 5.11 Å². The first kappa shape index (κ1) is 10.0. The molecule has 1 fully saturated rings. The Balaban J connectivity index is 2.28. The van der Waals surface area contributed by atoms with Crippen LogP contribution in [0.1, 0.15) is 33.6 Å². The second-order valence-corrected chi connectivity index (χ2v) is 5.47. The normalized spacial score (nSPS) is 35.1. The van der Waals surface area contributed by atoms with Crippen molar-refractivity contribution in [2.75, 3.05) is 0 Å². The standard InChI is InChI=1S/C14H16O2/c1-8-6-10-9(2)14(4-5-14)13(3,16)12(15)11(10)7-8/h6-7,16H,4-5H2,1-3H3. The quantitative estimate of drug-likeness (QED) is 0.674. The minimum atomic E-state index is -1.20. The fourth-order valence-electron chi connectivity index (χ4n) is 3.24. The number of carbonyl (C=O) groups excluding carboxylic acids is 1. The van der Waals surface area contributed by atoms with Gasteiger partial charge in [-0.25, -0.2) is 0 Å². The number of ketones is 1. The van der Waals surface area contributed by atoms with Crippen molar-refractivity contribution in [1.82, 2.24) is 0 Å². The molecule has 0 aromatic heterocycles. The highest BCUT2D eigenvalue weighted by Gasteiger charge is 2.64. The Morgan fingerprint density at radius 1 is 1.25 bits per heavy atom. The lowest BCUT2D eigenvalue weighted by molar-refractivity contribution is -0.137. The monoisotopic (exact) mass is 216 g/mol. The summed E-state index contributed by atoms with van der Waals surface area (Å²) < 4.78 is 0. The van der Waals surface area contributed by atoms with Crippen LogP contribution in [0, 0.1) is 5.41 Å². The van der Waals surface area contributed by atoms with Gasteiger partial charge in [-0.3, -0.25) is 4.79 Å². The van der Waals surface area contributed by atoms with Gasteiger partial charge in [0.15, 0.2) is 5.78 Å². The molecule has 0 aromatic rings. The molecule has 0 heterocycles. The topological polar surface area (TPSA) is 37.3 Å². The minimum Gasteiger partial charge on any atom is -0.381 e. The Morgan fingerprint density at radius 3 is 2.44 bits per heavy atom. The number of allylic oxidation sites excluding steroid dienone is 4. The van der Waals surface area contributed by atoms with Crippen LogP contribution in [0.25, 0.3) is 0 Å². The maximum atomic E-state index is 12.3. The van der Waals surface area contributed by atoms with Crippen LogP contribution >= 0.6 is 0 Å². The van der Waals surface area contributed by atoms with E-state index in [4.69, 9.17) is 0 Å². The number of fused-ring (bicyclic) bond motifs is 1. The third-order valence-electron chi connectivity index (χ3n) is 4.52. The predicted molar refractivity (Wildman–Crippen MR) is 61.8 cm³/mol. The first-order chi connectivity index (χ1) is 7.40. The molecule has 1 spiro atoms. The Kier molecular flexibility index (Phi) is 1.61. The van der Waals surface area contributed by atoms with Crippen LogP contribution in [-0.2, 0) is 4.79 Å². The molecule has 0 aliphatic heterocycles. The molecule has 16 heavy (non-hydrogen) atoms. The molecule has 1 N–H and O–H groups in total. The van der Waals surface area contributed by atoms with Crippen molar-refractivity contribution in [2.45, 2.75) is 39.2 Å². The molecule has 1 atom stereocenters. The minimum absolute atomic E-state index is 0.0984. The zero-order valence-electron chi connectivity index (χ0n) is 9.92. The lowest BCUT2D eigenvalue weighted by Crippen LogP contribution is -2.49. The number of hydrogen-bond donors (Lipinski definition) is 1. The summed E-state index contributed by atoms with van der Waals surface area (Å²) in [7, 11) is 0. The van der Waals surface area contributed by atoms with E-state index in [2.05, 4.69) is 13.0 Å². The van der Waals surface area contributed by atoms with Crippen molar-refractivity contribution < 1.29 is 9.90 Å². The third-order valence-corrected chi connectivity index (χ3v) is 4.52. The molecule has 3 rings (SSSR count). The second kappa shape index (κ2) is 2.57. The van der Waals surface area contributed by atoms with Gasteiger partial charge in [-0.2, -0.15) is 0 Å². The smallest absolute Gasteiger partial charge is 0.195 e. The first-order valence-corrected chi connectivity index (χ1v) is 5.79. The molecule has 1 unspecified atom stereocenters. The number of Topliss-reactive ketones (excluding diaryl/α,β-unsaturated/α-hetero) is 1. The zero-order chi connectivity index (χ0) is 11.7. The SMILES string of the molecule is CC1=CC2=C(C)C3(CC3)C(C)(O)C(=O)C2=C1. The lowest BCUT2D eigenvalue weighted by atomic mass is 9.68. The zero-order valence-corrected chi connectivity index (χ0v) is 9.92. The van der Waals surface area contributed by atoms with E-state index < -0.39 is 5.60 Å². The molecule has 0 saturated heterocycles. The molecule has 2 nitrogen and oxygen atoms in total. The molecule has 84 valence electrons. The van der Waals surface area contributed by atoms with Crippen LogP contribution in [0.2, 0.25) is 0 Å². The van der Waals surface area contributed by atoms with Crippen molar-refractivity contribution >= 4 is 5.78 Å². The van der Waals surface area contributed by atoms with Gasteiger partial charge in [0.2, 0.25) is 0 Å². The van der Waals surface area contributed by atoms with E-state index in [9.17, 15) is 9.90 Å². The Labute approximate surface area is 95.4 Å². The molecular formula is C14H16O2. The van der Waals surface area contributed by atoms with Crippen LogP contribution in [-0.4, -0.2) is 16.5 Å². The fourth-order valence-corrected chi connectivity index (χ4v) is 3.24. The van der Waals surface area contributed by atoms with Gasteiger partial charge in [-0.15, -0.1) is 0 Å². The molecule has 1 saturated carbocycles. The summed E-state index contributed by atoms with van der Waals surface area (Å²) in [5, 5.41) is 10.5. The van der Waals surface area contributed by atoms with Crippen molar-refractivity contribution in [1.29, 1.82) is 0 Å². The molecular weight excluding hydrogens is 200 g/mol. The molecule has 0 aromatic carbocycles. The average Bonchev–Trinajstić information content (AvgIpc) is 2.94. The Hall–Kier alpha value is -1.15. The van der Waals surface area contributed by atoms with Crippen LogP contribution in [0.15, 0.2) is 34.4 Å². The van der Waals surface area contributed by atoms with E-state index in [1.807, 2.05) is 13.0 Å². The molecule has 3 aliphatic carbocycles. The number of carbonyl (C=O) groups is 1. The van der Waals surface area contributed by atoms with Gasteiger partial charge in [0.05, 0.1) is 0 Å². The van der Waals surface area contributed by atoms with Crippen LogP contribution in [0.5, 0.6) is 0 Å². The number of hydrogen-bond acceptors (Lipinski definition) is 2. The molecule has 0 amide bonds. The van der Waals surface area contributed by atoms with E-state index in [0.29, 0.717) is 5.57 Å². The van der Waals surface area contributed by atoms with E-state index in [-0.39, 0.29) is 11.2 Å². The second-order valence-electron chi connectivity index (χ2n) is 5.47. The van der Waals surface area contributed by atoms with E-state index in [0.717, 1.165) is 24.0 Å². The van der Waals surface area contributed by atoms with Gasteiger partial charge in [0.1, 0.15) is 5.60 Å². The summed E-state index contributed by atoms with van der Waals surface area (Å²) in [5.41, 5.74) is 2.60. The summed E-state index contributed by atoms with van der Waals surface area (Å²) in [6, 6.07) is 0.